The number of fused-ring (bicyclic) bond motifs is 1. The quantitative estimate of drug-likeness (QED) is 0.689. The molecule has 0 aliphatic rings. The van der Waals surface area contributed by atoms with Crippen LogP contribution in [0, 0.1) is 0 Å². The van der Waals surface area contributed by atoms with E-state index in [1.54, 1.807) is 12.4 Å². The number of carbonyl (C=O) groups is 1. The van der Waals surface area contributed by atoms with Gasteiger partial charge in [-0.2, -0.15) is 0 Å². The molecule has 8 heteroatoms. The molecule has 0 saturated heterocycles. The minimum atomic E-state index is -0.443. The molecule has 2 aromatic heterocycles. The third-order valence-electron chi connectivity index (χ3n) is 3.29. The molecule has 3 aromatic rings. The summed E-state index contributed by atoms with van der Waals surface area (Å²) in [6.07, 6.45) is -0.443. The maximum atomic E-state index is 11.3. The number of amides is 1. The summed E-state index contributed by atoms with van der Waals surface area (Å²) >= 11 is 7.80. The van der Waals surface area contributed by atoms with Gasteiger partial charge < -0.3 is 19.8 Å². The number of aromatic amines is 1. The summed E-state index contributed by atoms with van der Waals surface area (Å²) in [5, 5.41) is 6.08. The molecule has 0 bridgehead atoms. The second-order valence-corrected chi connectivity index (χ2v) is 6.13. The maximum absolute atomic E-state index is 11.3. The number of carbonyl (C=O) groups excluding carboxylic acids is 1. The normalized spacial score (nSPS) is 10.8. The number of alkyl carbamates (subject to hydrolysis) is 1. The molecule has 6 nitrogen and oxygen atoms in total. The van der Waals surface area contributed by atoms with Crippen LogP contribution in [0.4, 0.5) is 4.79 Å². The number of hydrogen-bond donors (Lipinski definition) is 2. The lowest BCUT2D eigenvalue weighted by molar-refractivity contribution is 0.151. The molecule has 24 heavy (non-hydrogen) atoms. The zero-order chi connectivity index (χ0) is 16.9. The fraction of sp³-hybridized carbons (Fsp3) is 0.250. The maximum Gasteiger partial charge on any atom is 0.407 e. The first kappa shape index (κ1) is 16.6. The van der Waals surface area contributed by atoms with Crippen molar-refractivity contribution >= 4 is 39.9 Å². The van der Waals surface area contributed by atoms with Gasteiger partial charge in [0.05, 0.1) is 29.4 Å². The Kier molecular flexibility index (Phi) is 5.22. The molecular formula is C16H16ClN3O3S. The Morgan fingerprint density at radius 1 is 1.42 bits per heavy atom. The van der Waals surface area contributed by atoms with Gasteiger partial charge in [0.2, 0.25) is 0 Å². The van der Waals surface area contributed by atoms with Crippen LogP contribution in [0.1, 0.15) is 18.3 Å². The number of thiazole rings is 1. The first-order chi connectivity index (χ1) is 11.7. The van der Waals surface area contributed by atoms with Gasteiger partial charge in [0, 0.05) is 28.0 Å². The van der Waals surface area contributed by atoms with E-state index in [9.17, 15) is 4.79 Å². The summed E-state index contributed by atoms with van der Waals surface area (Å²) in [5.74, 6) is 0.587. The van der Waals surface area contributed by atoms with Crippen LogP contribution in [0.3, 0.4) is 0 Å². The molecule has 0 saturated carbocycles. The van der Waals surface area contributed by atoms with Crippen molar-refractivity contribution < 1.29 is 14.3 Å². The smallest absolute Gasteiger partial charge is 0.407 e. The second-order valence-electron chi connectivity index (χ2n) is 5.01. The minimum absolute atomic E-state index is 0.341. The Bertz CT molecular complexity index is 833. The molecule has 1 amide bonds. The van der Waals surface area contributed by atoms with Crippen molar-refractivity contribution in [2.45, 2.75) is 20.1 Å². The summed E-state index contributed by atoms with van der Waals surface area (Å²) in [4.78, 5) is 18.7. The molecule has 0 aliphatic carbocycles. The van der Waals surface area contributed by atoms with Crippen molar-refractivity contribution in [3.63, 3.8) is 0 Å². The number of aromatic nitrogens is 2. The van der Waals surface area contributed by atoms with E-state index in [-0.39, 0.29) is 0 Å². The van der Waals surface area contributed by atoms with Gasteiger partial charge in [0.15, 0.2) is 0 Å². The van der Waals surface area contributed by atoms with Crippen molar-refractivity contribution in [3.05, 3.63) is 45.5 Å². The summed E-state index contributed by atoms with van der Waals surface area (Å²) in [5.41, 5.74) is 4.36. The highest BCUT2D eigenvalue weighted by molar-refractivity contribution is 7.07. The van der Waals surface area contributed by atoms with Crippen molar-refractivity contribution in [2.75, 3.05) is 6.61 Å². The van der Waals surface area contributed by atoms with E-state index in [0.717, 1.165) is 22.3 Å². The van der Waals surface area contributed by atoms with Crippen LogP contribution in [0.2, 0.25) is 5.02 Å². The molecule has 2 N–H and O–H groups in total. The number of rotatable bonds is 6. The third kappa shape index (κ3) is 3.98. The lowest BCUT2D eigenvalue weighted by Gasteiger charge is -2.06. The van der Waals surface area contributed by atoms with Crippen LogP contribution in [-0.2, 0) is 17.9 Å². The van der Waals surface area contributed by atoms with Crippen LogP contribution in [0.15, 0.2) is 29.1 Å². The van der Waals surface area contributed by atoms with Gasteiger partial charge in [-0.25, -0.2) is 9.78 Å². The number of ether oxygens (including phenoxy) is 2. The van der Waals surface area contributed by atoms with Crippen molar-refractivity contribution in [3.8, 4) is 5.75 Å². The van der Waals surface area contributed by atoms with Gasteiger partial charge in [-0.3, -0.25) is 0 Å². The Balaban J connectivity index is 1.71. The standard InChI is InChI=1S/C16H16ClN3O3S/c1-2-22-16(21)18-6-11-3-10-4-13(17)15(5-14(10)20-11)23-7-12-8-24-9-19-12/h3-5,8-9,20H,2,6-7H2,1H3,(H,18,21). The molecule has 0 radical (unpaired) electrons. The lowest BCUT2D eigenvalue weighted by atomic mass is 10.2. The monoisotopic (exact) mass is 365 g/mol. The highest BCUT2D eigenvalue weighted by atomic mass is 35.5. The predicted octanol–water partition coefficient (Wildman–Crippen LogP) is 4.10. The fourth-order valence-electron chi connectivity index (χ4n) is 2.21. The fourth-order valence-corrected chi connectivity index (χ4v) is 2.98. The highest BCUT2D eigenvalue weighted by Crippen LogP contribution is 2.31. The lowest BCUT2D eigenvalue weighted by Crippen LogP contribution is -2.23. The van der Waals surface area contributed by atoms with E-state index < -0.39 is 6.09 Å². The van der Waals surface area contributed by atoms with Gasteiger partial charge >= 0.3 is 6.09 Å². The van der Waals surface area contributed by atoms with Gasteiger partial charge in [-0.05, 0) is 19.1 Å². The van der Waals surface area contributed by atoms with E-state index in [1.807, 2.05) is 23.6 Å². The Labute approximate surface area is 147 Å². The molecule has 1 aromatic carbocycles. The van der Waals surface area contributed by atoms with Gasteiger partial charge in [-0.1, -0.05) is 11.6 Å². The molecule has 0 atom stereocenters. The number of nitrogens with zero attached hydrogens (tertiary/aromatic N) is 1. The molecule has 0 aliphatic heterocycles. The number of nitrogens with one attached hydrogen (secondary N) is 2. The number of hydrogen-bond acceptors (Lipinski definition) is 5. The van der Waals surface area contributed by atoms with E-state index in [1.165, 1.54) is 11.3 Å². The van der Waals surface area contributed by atoms with Crippen LogP contribution in [0.5, 0.6) is 5.75 Å². The SMILES string of the molecule is CCOC(=O)NCc1cc2cc(Cl)c(OCc3cscn3)cc2[nH]1. The predicted molar refractivity (Wildman–Crippen MR) is 93.6 cm³/mol. The molecule has 3 rings (SSSR count). The summed E-state index contributed by atoms with van der Waals surface area (Å²) in [6, 6.07) is 5.60. The van der Waals surface area contributed by atoms with Crippen molar-refractivity contribution in [1.29, 1.82) is 0 Å². The average molecular weight is 366 g/mol. The third-order valence-corrected chi connectivity index (χ3v) is 4.22. The molecule has 0 fully saturated rings. The van der Waals surface area contributed by atoms with Gasteiger partial charge in [0.1, 0.15) is 12.4 Å². The zero-order valence-electron chi connectivity index (χ0n) is 13.0. The van der Waals surface area contributed by atoms with E-state index in [0.29, 0.717) is 30.5 Å². The van der Waals surface area contributed by atoms with Crippen molar-refractivity contribution in [2.24, 2.45) is 0 Å². The molecular weight excluding hydrogens is 350 g/mol. The molecule has 2 heterocycles. The molecule has 0 spiro atoms. The van der Waals surface area contributed by atoms with Crippen LogP contribution in [-0.4, -0.2) is 22.7 Å². The summed E-state index contributed by atoms with van der Waals surface area (Å²) in [6.45, 7) is 2.82. The highest BCUT2D eigenvalue weighted by Gasteiger charge is 2.09. The van der Waals surface area contributed by atoms with Gasteiger partial charge in [-0.15, -0.1) is 11.3 Å². The number of H-pyrrole nitrogens is 1. The topological polar surface area (TPSA) is 76.2 Å². The van der Waals surface area contributed by atoms with Crippen LogP contribution >= 0.6 is 22.9 Å². The number of halogens is 1. The van der Waals surface area contributed by atoms with E-state index >= 15 is 0 Å². The summed E-state index contributed by atoms with van der Waals surface area (Å²) in [7, 11) is 0. The second kappa shape index (κ2) is 7.55. The Morgan fingerprint density at radius 3 is 3.04 bits per heavy atom. The molecule has 0 unspecified atom stereocenters. The summed E-state index contributed by atoms with van der Waals surface area (Å²) < 4.78 is 10.6. The zero-order valence-corrected chi connectivity index (χ0v) is 14.5. The first-order valence-electron chi connectivity index (χ1n) is 7.37. The van der Waals surface area contributed by atoms with Crippen molar-refractivity contribution in [1.82, 2.24) is 15.3 Å². The Morgan fingerprint density at radius 2 is 2.29 bits per heavy atom. The molecule has 126 valence electrons. The average Bonchev–Trinajstić information content (AvgIpc) is 3.20. The van der Waals surface area contributed by atoms with Crippen LogP contribution < -0.4 is 10.1 Å². The van der Waals surface area contributed by atoms with E-state index in [4.69, 9.17) is 21.1 Å². The van der Waals surface area contributed by atoms with E-state index in [2.05, 4.69) is 15.3 Å². The largest absolute Gasteiger partial charge is 0.486 e. The minimum Gasteiger partial charge on any atom is -0.486 e. The Hall–Kier alpha value is -2.25. The van der Waals surface area contributed by atoms with Crippen LogP contribution in [0.25, 0.3) is 10.9 Å². The first-order valence-corrected chi connectivity index (χ1v) is 8.69. The van der Waals surface area contributed by atoms with Gasteiger partial charge in [0.25, 0.3) is 0 Å². The number of benzene rings is 1.